The van der Waals surface area contributed by atoms with Gasteiger partial charge in [0.25, 0.3) is 0 Å². The van der Waals surface area contributed by atoms with Crippen molar-refractivity contribution in [3.63, 3.8) is 0 Å². The Morgan fingerprint density at radius 3 is 2.50 bits per heavy atom. The second kappa shape index (κ2) is 5.27. The summed E-state index contributed by atoms with van der Waals surface area (Å²) in [5, 5.41) is 0. The standard InChI is InChI=1S/C10H18N2O2S2/c1-4-9(6-11)12-16(13,14)10-5-7(2)15-8(10)3/h5,9,12H,4,6,11H2,1-3H3. The quantitative estimate of drug-likeness (QED) is 0.842. The minimum atomic E-state index is -3.41. The van der Waals surface area contributed by atoms with Crippen LogP contribution in [0.15, 0.2) is 11.0 Å². The first-order chi connectivity index (χ1) is 7.40. The number of thiophene rings is 1. The summed E-state index contributed by atoms with van der Waals surface area (Å²) >= 11 is 1.49. The van der Waals surface area contributed by atoms with Gasteiger partial charge >= 0.3 is 0 Å². The monoisotopic (exact) mass is 262 g/mol. The van der Waals surface area contributed by atoms with Crippen molar-refractivity contribution >= 4 is 21.4 Å². The highest BCUT2D eigenvalue weighted by molar-refractivity contribution is 7.89. The molecule has 1 rings (SSSR count). The Kier molecular flexibility index (Phi) is 4.49. The first kappa shape index (κ1) is 13.6. The molecule has 0 amide bonds. The lowest BCUT2D eigenvalue weighted by molar-refractivity contribution is 0.542. The van der Waals surface area contributed by atoms with Gasteiger partial charge in [-0.2, -0.15) is 0 Å². The second-order valence-electron chi connectivity index (χ2n) is 3.74. The molecule has 0 aromatic carbocycles. The van der Waals surface area contributed by atoms with E-state index >= 15 is 0 Å². The van der Waals surface area contributed by atoms with E-state index in [4.69, 9.17) is 5.73 Å². The predicted molar refractivity (Wildman–Crippen MR) is 67.2 cm³/mol. The van der Waals surface area contributed by atoms with Crippen molar-refractivity contribution in [2.24, 2.45) is 5.73 Å². The van der Waals surface area contributed by atoms with E-state index in [-0.39, 0.29) is 6.04 Å². The van der Waals surface area contributed by atoms with Gasteiger partial charge in [0.2, 0.25) is 10.0 Å². The van der Waals surface area contributed by atoms with Gasteiger partial charge in [0.15, 0.2) is 0 Å². The van der Waals surface area contributed by atoms with Crippen LogP contribution in [0.1, 0.15) is 23.1 Å². The van der Waals surface area contributed by atoms with Crippen molar-refractivity contribution in [1.82, 2.24) is 4.72 Å². The van der Waals surface area contributed by atoms with Crippen molar-refractivity contribution in [2.75, 3.05) is 6.54 Å². The molecule has 0 aliphatic heterocycles. The lowest BCUT2D eigenvalue weighted by atomic mass is 10.2. The number of hydrogen-bond donors (Lipinski definition) is 2. The third-order valence-electron chi connectivity index (χ3n) is 2.38. The van der Waals surface area contributed by atoms with Crippen LogP contribution in [0.5, 0.6) is 0 Å². The molecule has 6 heteroatoms. The normalized spacial score (nSPS) is 14.0. The lowest BCUT2D eigenvalue weighted by Crippen LogP contribution is -2.39. The summed E-state index contributed by atoms with van der Waals surface area (Å²) < 4.78 is 26.7. The van der Waals surface area contributed by atoms with Crippen molar-refractivity contribution < 1.29 is 8.42 Å². The fourth-order valence-corrected chi connectivity index (χ4v) is 4.34. The zero-order chi connectivity index (χ0) is 12.3. The van der Waals surface area contributed by atoms with Crippen LogP contribution in [0.25, 0.3) is 0 Å². The average molecular weight is 262 g/mol. The molecule has 1 aromatic rings. The van der Waals surface area contributed by atoms with Gasteiger partial charge in [-0.05, 0) is 26.3 Å². The molecular weight excluding hydrogens is 244 g/mol. The number of nitrogens with one attached hydrogen (secondary N) is 1. The lowest BCUT2D eigenvalue weighted by Gasteiger charge is -2.14. The van der Waals surface area contributed by atoms with Crippen molar-refractivity contribution in [3.05, 3.63) is 15.8 Å². The Morgan fingerprint density at radius 1 is 1.50 bits per heavy atom. The fourth-order valence-electron chi connectivity index (χ4n) is 1.46. The SMILES string of the molecule is CCC(CN)NS(=O)(=O)c1cc(C)sc1C. The van der Waals surface area contributed by atoms with E-state index in [1.807, 2.05) is 20.8 Å². The van der Waals surface area contributed by atoms with Crippen molar-refractivity contribution in [2.45, 2.75) is 38.1 Å². The molecule has 92 valence electrons. The third-order valence-corrected chi connectivity index (χ3v) is 5.13. The smallest absolute Gasteiger partial charge is 0.241 e. The maximum Gasteiger partial charge on any atom is 0.241 e. The molecule has 16 heavy (non-hydrogen) atoms. The van der Waals surface area contributed by atoms with Gasteiger partial charge in [0, 0.05) is 22.3 Å². The van der Waals surface area contributed by atoms with E-state index in [1.54, 1.807) is 6.07 Å². The molecule has 1 atom stereocenters. The minimum absolute atomic E-state index is 0.190. The number of nitrogens with two attached hydrogens (primary N) is 1. The van der Waals surface area contributed by atoms with Crippen molar-refractivity contribution in [3.8, 4) is 0 Å². The van der Waals surface area contributed by atoms with Crippen molar-refractivity contribution in [1.29, 1.82) is 0 Å². The van der Waals surface area contributed by atoms with Crippen LogP contribution < -0.4 is 10.5 Å². The molecule has 1 unspecified atom stereocenters. The van der Waals surface area contributed by atoms with Crippen LogP contribution in [0.2, 0.25) is 0 Å². The highest BCUT2D eigenvalue weighted by Crippen LogP contribution is 2.24. The maximum atomic E-state index is 12.0. The molecular formula is C10H18N2O2S2. The van der Waals surface area contributed by atoms with Gasteiger partial charge in [-0.1, -0.05) is 6.92 Å². The summed E-state index contributed by atoms with van der Waals surface area (Å²) in [7, 11) is -3.41. The van der Waals surface area contributed by atoms with Gasteiger partial charge in [0.05, 0.1) is 4.90 Å². The van der Waals surface area contributed by atoms with Gasteiger partial charge in [-0.3, -0.25) is 0 Å². The average Bonchev–Trinajstić information content (AvgIpc) is 2.55. The molecule has 0 radical (unpaired) electrons. The molecule has 0 spiro atoms. The predicted octanol–water partition coefficient (Wildman–Crippen LogP) is 1.38. The number of rotatable bonds is 5. The number of sulfonamides is 1. The zero-order valence-corrected chi connectivity index (χ0v) is 11.4. The highest BCUT2D eigenvalue weighted by atomic mass is 32.2. The van der Waals surface area contributed by atoms with E-state index in [2.05, 4.69) is 4.72 Å². The molecule has 0 bridgehead atoms. The summed E-state index contributed by atoms with van der Waals surface area (Å²) in [6.45, 7) is 5.94. The van der Waals surface area contributed by atoms with Crippen LogP contribution in [-0.2, 0) is 10.0 Å². The summed E-state index contributed by atoms with van der Waals surface area (Å²) in [5.41, 5.74) is 5.49. The third kappa shape index (κ3) is 3.04. The Bertz CT molecular complexity index is 447. The fraction of sp³-hybridized carbons (Fsp3) is 0.600. The molecule has 0 saturated heterocycles. The van der Waals surface area contributed by atoms with Crippen LogP contribution >= 0.6 is 11.3 Å². The zero-order valence-electron chi connectivity index (χ0n) is 9.78. The molecule has 1 heterocycles. The Morgan fingerprint density at radius 2 is 2.12 bits per heavy atom. The topological polar surface area (TPSA) is 72.2 Å². The Labute approximate surface area is 101 Å². The van der Waals surface area contributed by atoms with Gasteiger partial charge < -0.3 is 5.73 Å². The molecule has 1 aromatic heterocycles. The van der Waals surface area contributed by atoms with Gasteiger partial charge in [-0.15, -0.1) is 11.3 Å². The van der Waals surface area contributed by atoms with E-state index in [1.165, 1.54) is 11.3 Å². The Hall–Kier alpha value is -0.430. The highest BCUT2D eigenvalue weighted by Gasteiger charge is 2.21. The van der Waals surface area contributed by atoms with E-state index in [0.29, 0.717) is 17.9 Å². The van der Waals surface area contributed by atoms with E-state index < -0.39 is 10.0 Å². The maximum absolute atomic E-state index is 12.0. The van der Waals surface area contributed by atoms with E-state index in [0.717, 1.165) is 9.75 Å². The first-order valence-electron chi connectivity index (χ1n) is 5.20. The molecule has 0 fully saturated rings. The van der Waals surface area contributed by atoms with Crippen LogP contribution in [0.3, 0.4) is 0 Å². The van der Waals surface area contributed by atoms with Crippen LogP contribution in [-0.4, -0.2) is 21.0 Å². The summed E-state index contributed by atoms with van der Waals surface area (Å²) in [5.74, 6) is 0. The first-order valence-corrected chi connectivity index (χ1v) is 7.50. The van der Waals surface area contributed by atoms with Crippen LogP contribution in [0, 0.1) is 13.8 Å². The second-order valence-corrected chi connectivity index (χ2v) is 6.88. The minimum Gasteiger partial charge on any atom is -0.329 e. The van der Waals surface area contributed by atoms with Crippen LogP contribution in [0.4, 0.5) is 0 Å². The van der Waals surface area contributed by atoms with E-state index in [9.17, 15) is 8.42 Å². The molecule has 0 aliphatic carbocycles. The number of hydrogen-bond acceptors (Lipinski definition) is 4. The summed E-state index contributed by atoms with van der Waals surface area (Å²) in [6.07, 6.45) is 0.692. The van der Waals surface area contributed by atoms with Gasteiger partial charge in [-0.25, -0.2) is 13.1 Å². The van der Waals surface area contributed by atoms with Gasteiger partial charge in [0.1, 0.15) is 0 Å². The molecule has 4 nitrogen and oxygen atoms in total. The molecule has 0 saturated carbocycles. The largest absolute Gasteiger partial charge is 0.329 e. The molecule has 3 N–H and O–H groups in total. The number of aryl methyl sites for hydroxylation is 2. The molecule has 0 aliphatic rings. The summed E-state index contributed by atoms with van der Waals surface area (Å²) in [4.78, 5) is 2.19. The Balaban J connectivity index is 2.98. The summed E-state index contributed by atoms with van der Waals surface area (Å²) in [6, 6.07) is 1.51.